The highest BCUT2D eigenvalue weighted by atomic mass is 35.5. The van der Waals surface area contributed by atoms with E-state index in [1.807, 2.05) is 20.8 Å². The van der Waals surface area contributed by atoms with E-state index in [9.17, 15) is 9.18 Å². The van der Waals surface area contributed by atoms with Gasteiger partial charge < -0.3 is 4.74 Å². The van der Waals surface area contributed by atoms with Crippen LogP contribution in [0.1, 0.15) is 41.5 Å². The van der Waals surface area contributed by atoms with Gasteiger partial charge in [-0.1, -0.05) is 17.7 Å². The van der Waals surface area contributed by atoms with Gasteiger partial charge in [0.05, 0.1) is 22.2 Å². The van der Waals surface area contributed by atoms with Crippen LogP contribution in [0, 0.1) is 12.7 Å². The maximum atomic E-state index is 13.1. The third-order valence-electron chi connectivity index (χ3n) is 3.78. The van der Waals surface area contributed by atoms with E-state index < -0.39 is 11.8 Å². The van der Waals surface area contributed by atoms with Crippen LogP contribution in [0.25, 0.3) is 11.0 Å². The molecule has 0 atom stereocenters. The number of fused-ring (bicyclic) bond motifs is 1. The van der Waals surface area contributed by atoms with Gasteiger partial charge in [0.1, 0.15) is 12.4 Å². The highest BCUT2D eigenvalue weighted by Crippen LogP contribution is 2.23. The van der Waals surface area contributed by atoms with Crippen molar-refractivity contribution in [1.29, 1.82) is 0 Å². The maximum Gasteiger partial charge on any atom is 0.339 e. The van der Waals surface area contributed by atoms with Crippen LogP contribution in [0.15, 0.2) is 30.5 Å². The zero-order chi connectivity index (χ0) is 18.1. The van der Waals surface area contributed by atoms with E-state index in [4.69, 9.17) is 16.3 Å². The summed E-state index contributed by atoms with van der Waals surface area (Å²) in [4.78, 5) is 17.0. The van der Waals surface area contributed by atoms with Gasteiger partial charge in [0.15, 0.2) is 5.65 Å². The third kappa shape index (κ3) is 3.49. The number of carbonyl (C=O) groups is 1. The van der Waals surface area contributed by atoms with Gasteiger partial charge in [-0.05, 0) is 39.0 Å². The zero-order valence-electron chi connectivity index (χ0n) is 14.1. The van der Waals surface area contributed by atoms with Gasteiger partial charge in [0.25, 0.3) is 0 Å². The van der Waals surface area contributed by atoms with Gasteiger partial charge in [-0.25, -0.2) is 18.9 Å². The van der Waals surface area contributed by atoms with Crippen molar-refractivity contribution in [1.82, 2.24) is 14.8 Å². The van der Waals surface area contributed by atoms with Crippen LogP contribution in [0.4, 0.5) is 4.39 Å². The Bertz CT molecular complexity index is 953. The number of hydrogen-bond acceptors (Lipinski definition) is 4. The van der Waals surface area contributed by atoms with Crippen molar-refractivity contribution >= 4 is 28.6 Å². The molecule has 0 radical (unpaired) electrons. The third-order valence-corrected chi connectivity index (χ3v) is 4.13. The van der Waals surface area contributed by atoms with Crippen LogP contribution >= 0.6 is 11.6 Å². The standard InChI is InChI=1S/C18H17ClFN3O2/c1-10(2)23-17-15(8-21-23)14(6-11(3)22-17)18(24)25-9-12-4-5-13(20)7-16(12)19/h4-8,10H,9H2,1-3H3. The molecule has 0 fully saturated rings. The molecule has 25 heavy (non-hydrogen) atoms. The van der Waals surface area contributed by atoms with Gasteiger partial charge in [-0.3, -0.25) is 0 Å². The number of carbonyl (C=O) groups excluding carboxylic acids is 1. The Morgan fingerprint density at radius 2 is 2.12 bits per heavy atom. The number of aromatic nitrogens is 3. The average Bonchev–Trinajstić information content (AvgIpc) is 2.96. The molecule has 5 nitrogen and oxygen atoms in total. The maximum absolute atomic E-state index is 13.1. The molecule has 3 aromatic rings. The lowest BCUT2D eigenvalue weighted by atomic mass is 10.1. The Morgan fingerprint density at radius 3 is 2.80 bits per heavy atom. The summed E-state index contributed by atoms with van der Waals surface area (Å²) in [7, 11) is 0. The Kier molecular flexibility index (Phi) is 4.72. The van der Waals surface area contributed by atoms with Crippen molar-refractivity contribution in [2.75, 3.05) is 0 Å². The Labute approximate surface area is 149 Å². The van der Waals surface area contributed by atoms with Gasteiger partial charge in [0, 0.05) is 17.3 Å². The molecule has 0 aliphatic rings. The molecule has 0 aliphatic carbocycles. The van der Waals surface area contributed by atoms with Crippen LogP contribution in [0.5, 0.6) is 0 Å². The molecular weight excluding hydrogens is 345 g/mol. The first kappa shape index (κ1) is 17.4. The molecule has 0 aliphatic heterocycles. The molecule has 0 saturated carbocycles. The molecule has 0 unspecified atom stereocenters. The lowest BCUT2D eigenvalue weighted by molar-refractivity contribution is 0.0475. The molecule has 0 amide bonds. The Hall–Kier alpha value is -2.47. The number of esters is 1. The van der Waals surface area contributed by atoms with E-state index in [2.05, 4.69) is 10.1 Å². The highest BCUT2D eigenvalue weighted by molar-refractivity contribution is 6.31. The fourth-order valence-electron chi connectivity index (χ4n) is 2.55. The predicted octanol–water partition coefficient (Wildman–Crippen LogP) is 4.47. The second kappa shape index (κ2) is 6.80. The molecule has 2 heterocycles. The van der Waals surface area contributed by atoms with E-state index in [0.29, 0.717) is 27.9 Å². The average molecular weight is 362 g/mol. The topological polar surface area (TPSA) is 57.0 Å². The first-order valence-corrected chi connectivity index (χ1v) is 8.20. The minimum absolute atomic E-state index is 0.0425. The van der Waals surface area contributed by atoms with Crippen LogP contribution in [0.2, 0.25) is 5.02 Å². The van der Waals surface area contributed by atoms with Gasteiger partial charge in [-0.2, -0.15) is 5.10 Å². The van der Waals surface area contributed by atoms with Crippen molar-refractivity contribution in [3.05, 3.63) is 58.1 Å². The predicted molar refractivity (Wildman–Crippen MR) is 93.2 cm³/mol. The van der Waals surface area contributed by atoms with E-state index in [1.54, 1.807) is 16.9 Å². The van der Waals surface area contributed by atoms with Crippen LogP contribution in [-0.2, 0) is 11.3 Å². The van der Waals surface area contributed by atoms with Crippen LogP contribution in [-0.4, -0.2) is 20.7 Å². The summed E-state index contributed by atoms with van der Waals surface area (Å²) in [6.45, 7) is 5.75. The minimum atomic E-state index is -0.501. The van der Waals surface area contributed by atoms with Crippen molar-refractivity contribution in [3.8, 4) is 0 Å². The number of benzene rings is 1. The number of ether oxygens (including phenoxy) is 1. The van der Waals surface area contributed by atoms with E-state index in [0.717, 1.165) is 0 Å². The van der Waals surface area contributed by atoms with Gasteiger partial charge in [-0.15, -0.1) is 0 Å². The molecule has 2 aromatic heterocycles. The van der Waals surface area contributed by atoms with Crippen LogP contribution in [0.3, 0.4) is 0 Å². The van der Waals surface area contributed by atoms with Crippen molar-refractivity contribution in [3.63, 3.8) is 0 Å². The number of pyridine rings is 1. The molecule has 0 bridgehead atoms. The summed E-state index contributed by atoms with van der Waals surface area (Å²) < 4.78 is 20.2. The minimum Gasteiger partial charge on any atom is -0.457 e. The van der Waals surface area contributed by atoms with E-state index >= 15 is 0 Å². The zero-order valence-corrected chi connectivity index (χ0v) is 14.8. The van der Waals surface area contributed by atoms with Crippen molar-refractivity contribution in [2.45, 2.75) is 33.4 Å². The number of hydrogen-bond donors (Lipinski definition) is 0. The quantitative estimate of drug-likeness (QED) is 0.643. The largest absolute Gasteiger partial charge is 0.457 e. The molecular formula is C18H17ClFN3O2. The molecule has 3 rings (SSSR count). The fourth-order valence-corrected chi connectivity index (χ4v) is 2.77. The lowest BCUT2D eigenvalue weighted by Gasteiger charge is -2.10. The molecule has 7 heteroatoms. The summed E-state index contributed by atoms with van der Waals surface area (Å²) in [5.41, 5.74) is 2.27. The first-order chi connectivity index (χ1) is 11.9. The SMILES string of the molecule is Cc1cc(C(=O)OCc2ccc(F)cc2Cl)c2cnn(C(C)C)c2n1. The molecule has 0 saturated heterocycles. The summed E-state index contributed by atoms with van der Waals surface area (Å²) in [6, 6.07) is 5.75. The second-order valence-electron chi connectivity index (χ2n) is 6.04. The van der Waals surface area contributed by atoms with E-state index in [1.165, 1.54) is 18.2 Å². The van der Waals surface area contributed by atoms with Gasteiger partial charge >= 0.3 is 5.97 Å². The Morgan fingerprint density at radius 1 is 1.36 bits per heavy atom. The smallest absolute Gasteiger partial charge is 0.339 e. The number of nitrogens with zero attached hydrogens (tertiary/aromatic N) is 3. The van der Waals surface area contributed by atoms with Crippen molar-refractivity contribution < 1.29 is 13.9 Å². The number of aryl methyl sites for hydroxylation is 1. The summed E-state index contributed by atoms with van der Waals surface area (Å²) >= 11 is 5.96. The van der Waals surface area contributed by atoms with E-state index in [-0.39, 0.29) is 17.7 Å². The molecule has 1 aromatic carbocycles. The molecule has 130 valence electrons. The molecule has 0 N–H and O–H groups in total. The second-order valence-corrected chi connectivity index (χ2v) is 6.45. The molecule has 0 spiro atoms. The Balaban J connectivity index is 1.89. The monoisotopic (exact) mass is 361 g/mol. The summed E-state index contributed by atoms with van der Waals surface area (Å²) in [6.07, 6.45) is 1.61. The first-order valence-electron chi connectivity index (χ1n) is 7.82. The fraction of sp³-hybridized carbons (Fsp3) is 0.278. The van der Waals surface area contributed by atoms with Crippen molar-refractivity contribution in [2.24, 2.45) is 0 Å². The number of rotatable bonds is 4. The summed E-state index contributed by atoms with van der Waals surface area (Å²) in [5, 5.41) is 5.16. The normalized spacial score (nSPS) is 11.3. The van der Waals surface area contributed by atoms with Crippen LogP contribution < -0.4 is 0 Å². The van der Waals surface area contributed by atoms with Gasteiger partial charge in [0.2, 0.25) is 0 Å². The lowest BCUT2D eigenvalue weighted by Crippen LogP contribution is -2.08. The summed E-state index contributed by atoms with van der Waals surface area (Å²) in [5.74, 6) is -0.938. The number of halogens is 2. The highest BCUT2D eigenvalue weighted by Gasteiger charge is 2.18.